The van der Waals surface area contributed by atoms with E-state index in [0.29, 0.717) is 12.3 Å². The fourth-order valence-electron chi connectivity index (χ4n) is 2.56. The van der Waals surface area contributed by atoms with Crippen molar-refractivity contribution in [2.24, 2.45) is 5.92 Å². The smallest absolute Gasteiger partial charge is 0.224 e. The van der Waals surface area contributed by atoms with Gasteiger partial charge in [0.2, 0.25) is 5.91 Å². The van der Waals surface area contributed by atoms with Gasteiger partial charge in [0.15, 0.2) is 0 Å². The number of carbonyl (C=O) groups is 1. The maximum absolute atomic E-state index is 11.9. The standard InChI is InChI=1S/C15H24N4O/c1-3-19(4-2)14-6-5-13(11-17-14)18-15(20)9-12-7-8-16-10-12/h5-6,11-12,16H,3-4,7-10H2,1-2H3,(H,18,20). The zero-order valence-electron chi connectivity index (χ0n) is 12.4. The average Bonchev–Trinajstić information content (AvgIpc) is 2.94. The molecule has 5 nitrogen and oxygen atoms in total. The minimum absolute atomic E-state index is 0.0797. The third-order valence-electron chi connectivity index (χ3n) is 3.76. The van der Waals surface area contributed by atoms with Crippen molar-refractivity contribution in [1.29, 1.82) is 0 Å². The van der Waals surface area contributed by atoms with Crippen LogP contribution < -0.4 is 15.5 Å². The number of rotatable bonds is 6. The van der Waals surface area contributed by atoms with Gasteiger partial charge in [-0.3, -0.25) is 4.79 Å². The molecule has 0 bridgehead atoms. The Balaban J connectivity index is 1.87. The maximum Gasteiger partial charge on any atom is 0.224 e. The molecule has 0 radical (unpaired) electrons. The molecule has 0 aromatic carbocycles. The van der Waals surface area contributed by atoms with Crippen LogP contribution in [0.3, 0.4) is 0 Å². The lowest BCUT2D eigenvalue weighted by Gasteiger charge is -2.19. The van der Waals surface area contributed by atoms with Crippen LogP contribution in [0.4, 0.5) is 11.5 Å². The summed E-state index contributed by atoms with van der Waals surface area (Å²) < 4.78 is 0. The molecule has 1 unspecified atom stereocenters. The predicted octanol–water partition coefficient (Wildman–Crippen LogP) is 1.87. The second-order valence-corrected chi connectivity index (χ2v) is 5.19. The van der Waals surface area contributed by atoms with E-state index >= 15 is 0 Å². The van der Waals surface area contributed by atoms with E-state index in [2.05, 4.69) is 34.4 Å². The maximum atomic E-state index is 11.9. The Morgan fingerprint density at radius 2 is 2.25 bits per heavy atom. The Bertz CT molecular complexity index is 422. The first-order valence-corrected chi connectivity index (χ1v) is 7.44. The van der Waals surface area contributed by atoms with Crippen molar-refractivity contribution in [3.05, 3.63) is 18.3 Å². The van der Waals surface area contributed by atoms with Gasteiger partial charge in [-0.05, 0) is 51.4 Å². The van der Waals surface area contributed by atoms with Crippen LogP contribution in [-0.2, 0) is 4.79 Å². The van der Waals surface area contributed by atoms with E-state index in [-0.39, 0.29) is 5.91 Å². The van der Waals surface area contributed by atoms with Crippen molar-refractivity contribution in [3.8, 4) is 0 Å². The van der Waals surface area contributed by atoms with Gasteiger partial charge < -0.3 is 15.5 Å². The molecule has 2 N–H and O–H groups in total. The summed E-state index contributed by atoms with van der Waals surface area (Å²) in [6.07, 6.45) is 3.41. The Labute approximate surface area is 120 Å². The van der Waals surface area contributed by atoms with E-state index < -0.39 is 0 Å². The fraction of sp³-hybridized carbons (Fsp3) is 0.600. The molecular weight excluding hydrogens is 252 g/mol. The third kappa shape index (κ3) is 3.93. The number of hydrogen-bond acceptors (Lipinski definition) is 4. The number of nitrogens with zero attached hydrogens (tertiary/aromatic N) is 2. The van der Waals surface area contributed by atoms with Crippen LogP contribution in [0.15, 0.2) is 18.3 Å². The number of aromatic nitrogens is 1. The van der Waals surface area contributed by atoms with Crippen molar-refractivity contribution in [1.82, 2.24) is 10.3 Å². The summed E-state index contributed by atoms with van der Waals surface area (Å²) >= 11 is 0. The van der Waals surface area contributed by atoms with Crippen LogP contribution in [-0.4, -0.2) is 37.1 Å². The minimum atomic E-state index is 0.0797. The van der Waals surface area contributed by atoms with Crippen LogP contribution in [0.25, 0.3) is 0 Å². The lowest BCUT2D eigenvalue weighted by molar-refractivity contribution is -0.116. The lowest BCUT2D eigenvalue weighted by Crippen LogP contribution is -2.23. The fourth-order valence-corrected chi connectivity index (χ4v) is 2.56. The van der Waals surface area contributed by atoms with Gasteiger partial charge in [0.1, 0.15) is 5.82 Å². The number of pyridine rings is 1. The number of amides is 1. The van der Waals surface area contributed by atoms with Gasteiger partial charge in [-0.2, -0.15) is 0 Å². The largest absolute Gasteiger partial charge is 0.357 e. The zero-order valence-corrected chi connectivity index (χ0v) is 12.4. The monoisotopic (exact) mass is 276 g/mol. The summed E-state index contributed by atoms with van der Waals surface area (Å²) in [5.41, 5.74) is 0.775. The normalized spacial score (nSPS) is 18.0. The van der Waals surface area contributed by atoms with Gasteiger partial charge in [0.25, 0.3) is 0 Å². The summed E-state index contributed by atoms with van der Waals surface area (Å²) in [4.78, 5) is 18.5. The minimum Gasteiger partial charge on any atom is -0.357 e. The van der Waals surface area contributed by atoms with Crippen LogP contribution in [0.1, 0.15) is 26.7 Å². The molecule has 1 saturated heterocycles. The van der Waals surface area contributed by atoms with Gasteiger partial charge in [-0.15, -0.1) is 0 Å². The quantitative estimate of drug-likeness (QED) is 0.833. The van der Waals surface area contributed by atoms with E-state index in [9.17, 15) is 4.79 Å². The van der Waals surface area contributed by atoms with E-state index in [1.807, 2.05) is 12.1 Å². The Hall–Kier alpha value is -1.62. The second kappa shape index (κ2) is 7.24. The number of hydrogen-bond donors (Lipinski definition) is 2. The number of carbonyl (C=O) groups excluding carboxylic acids is 1. The summed E-state index contributed by atoms with van der Waals surface area (Å²) in [5, 5.41) is 6.20. The molecule has 1 aliphatic rings. The van der Waals surface area contributed by atoms with Crippen LogP contribution in [0.5, 0.6) is 0 Å². The Kier molecular flexibility index (Phi) is 5.35. The van der Waals surface area contributed by atoms with Gasteiger partial charge in [0.05, 0.1) is 11.9 Å². The molecule has 1 amide bonds. The molecule has 2 heterocycles. The van der Waals surface area contributed by atoms with Crippen LogP contribution in [0, 0.1) is 5.92 Å². The lowest BCUT2D eigenvalue weighted by atomic mass is 10.0. The van der Waals surface area contributed by atoms with E-state index in [0.717, 1.165) is 44.1 Å². The molecule has 20 heavy (non-hydrogen) atoms. The van der Waals surface area contributed by atoms with E-state index in [1.54, 1.807) is 6.20 Å². The highest BCUT2D eigenvalue weighted by Gasteiger charge is 2.18. The number of nitrogens with one attached hydrogen (secondary N) is 2. The summed E-state index contributed by atoms with van der Waals surface area (Å²) in [5.74, 6) is 1.50. The van der Waals surface area contributed by atoms with Crippen LogP contribution >= 0.6 is 0 Å². The molecule has 110 valence electrons. The Morgan fingerprint density at radius 3 is 2.80 bits per heavy atom. The molecule has 1 atom stereocenters. The van der Waals surface area contributed by atoms with Crippen molar-refractivity contribution >= 4 is 17.4 Å². The van der Waals surface area contributed by atoms with Crippen molar-refractivity contribution in [3.63, 3.8) is 0 Å². The molecule has 0 spiro atoms. The van der Waals surface area contributed by atoms with Gasteiger partial charge >= 0.3 is 0 Å². The zero-order chi connectivity index (χ0) is 14.4. The van der Waals surface area contributed by atoms with Crippen molar-refractivity contribution < 1.29 is 4.79 Å². The highest BCUT2D eigenvalue weighted by atomic mass is 16.1. The third-order valence-corrected chi connectivity index (χ3v) is 3.76. The highest BCUT2D eigenvalue weighted by molar-refractivity contribution is 5.90. The number of anilines is 2. The molecule has 0 saturated carbocycles. The summed E-state index contributed by atoms with van der Waals surface area (Å²) in [7, 11) is 0. The topological polar surface area (TPSA) is 57.3 Å². The first-order valence-electron chi connectivity index (χ1n) is 7.44. The molecule has 0 aliphatic carbocycles. The highest BCUT2D eigenvalue weighted by Crippen LogP contribution is 2.16. The van der Waals surface area contributed by atoms with Crippen molar-refractivity contribution in [2.75, 3.05) is 36.4 Å². The SMILES string of the molecule is CCN(CC)c1ccc(NC(=O)CC2CCNC2)cn1. The first-order chi connectivity index (χ1) is 9.72. The molecule has 5 heteroatoms. The Morgan fingerprint density at radius 1 is 1.45 bits per heavy atom. The van der Waals surface area contributed by atoms with E-state index in [4.69, 9.17) is 0 Å². The summed E-state index contributed by atoms with van der Waals surface area (Å²) in [6, 6.07) is 3.88. The van der Waals surface area contributed by atoms with Gasteiger partial charge in [-0.25, -0.2) is 4.98 Å². The molecule has 1 aliphatic heterocycles. The molecule has 1 aromatic heterocycles. The van der Waals surface area contributed by atoms with Crippen molar-refractivity contribution in [2.45, 2.75) is 26.7 Å². The summed E-state index contributed by atoms with van der Waals surface area (Å²) in [6.45, 7) is 8.06. The molecule has 1 fully saturated rings. The molecule has 1 aromatic rings. The van der Waals surface area contributed by atoms with E-state index in [1.165, 1.54) is 0 Å². The van der Waals surface area contributed by atoms with Gasteiger partial charge in [0, 0.05) is 19.5 Å². The van der Waals surface area contributed by atoms with Gasteiger partial charge in [-0.1, -0.05) is 0 Å². The molecule has 2 rings (SSSR count). The average molecular weight is 276 g/mol. The van der Waals surface area contributed by atoms with Crippen LogP contribution in [0.2, 0.25) is 0 Å². The first kappa shape index (κ1) is 14.8. The molecular formula is C15H24N4O. The predicted molar refractivity (Wildman–Crippen MR) is 82.0 cm³/mol. The second-order valence-electron chi connectivity index (χ2n) is 5.19.